The number of nitrogens with one attached hydrogen (secondary N) is 1. The maximum Gasteiger partial charge on any atom is 0.239 e. The zero-order valence-electron chi connectivity index (χ0n) is 14.0. The molecule has 122 valence electrons. The molecule has 2 aliphatic rings. The van der Waals surface area contributed by atoms with E-state index in [1.807, 2.05) is 0 Å². The molecule has 2 aliphatic carbocycles. The molecule has 1 amide bonds. The van der Waals surface area contributed by atoms with Crippen LogP contribution in [0.3, 0.4) is 0 Å². The van der Waals surface area contributed by atoms with Gasteiger partial charge < -0.3 is 5.73 Å². The highest BCUT2D eigenvalue weighted by atomic mass is 16.1. The van der Waals surface area contributed by atoms with Gasteiger partial charge in [0.05, 0.1) is 0 Å². The van der Waals surface area contributed by atoms with Crippen LogP contribution in [0.2, 0.25) is 0 Å². The summed E-state index contributed by atoms with van der Waals surface area (Å²) in [5, 5.41) is 3.63. The Bertz CT molecular complexity index is 350. The van der Waals surface area contributed by atoms with Gasteiger partial charge in [-0.2, -0.15) is 0 Å². The Balaban J connectivity index is 2.05. The second-order valence-electron chi connectivity index (χ2n) is 7.30. The standard InChI is InChI=1S/C17H33N3O/c1-4-5-6-11-20(13(2)3)12-17(16(18)21,14-7-8-14)19-15-9-10-15/h13-15,19H,4-12H2,1-3H3,(H2,18,21). The summed E-state index contributed by atoms with van der Waals surface area (Å²) in [6.07, 6.45) is 8.37. The molecule has 2 saturated carbocycles. The number of nitrogens with zero attached hydrogens (tertiary/aromatic N) is 1. The fourth-order valence-corrected chi connectivity index (χ4v) is 3.22. The van der Waals surface area contributed by atoms with Gasteiger partial charge in [-0.25, -0.2) is 0 Å². The summed E-state index contributed by atoms with van der Waals surface area (Å²) in [4.78, 5) is 14.7. The normalized spacial score (nSPS) is 21.8. The van der Waals surface area contributed by atoms with E-state index < -0.39 is 5.54 Å². The van der Waals surface area contributed by atoms with Gasteiger partial charge in [0, 0.05) is 18.6 Å². The van der Waals surface area contributed by atoms with Crippen molar-refractivity contribution >= 4 is 5.91 Å². The van der Waals surface area contributed by atoms with Crippen LogP contribution >= 0.6 is 0 Å². The van der Waals surface area contributed by atoms with Gasteiger partial charge in [-0.3, -0.25) is 15.0 Å². The summed E-state index contributed by atoms with van der Waals surface area (Å²) in [5.41, 5.74) is 5.38. The topological polar surface area (TPSA) is 58.4 Å². The zero-order valence-corrected chi connectivity index (χ0v) is 14.0. The molecule has 0 aromatic carbocycles. The van der Waals surface area contributed by atoms with Gasteiger partial charge in [0.1, 0.15) is 5.54 Å². The average molecular weight is 295 g/mol. The van der Waals surface area contributed by atoms with Crippen LogP contribution in [0.4, 0.5) is 0 Å². The van der Waals surface area contributed by atoms with Gasteiger partial charge in [0.15, 0.2) is 0 Å². The fourth-order valence-electron chi connectivity index (χ4n) is 3.22. The molecule has 1 unspecified atom stereocenters. The number of carbonyl (C=O) groups is 1. The summed E-state index contributed by atoms with van der Waals surface area (Å²) < 4.78 is 0. The second kappa shape index (κ2) is 7.10. The number of primary amides is 1. The van der Waals surface area contributed by atoms with Gasteiger partial charge >= 0.3 is 0 Å². The lowest BCUT2D eigenvalue weighted by Gasteiger charge is -2.39. The van der Waals surface area contributed by atoms with Crippen molar-refractivity contribution in [1.82, 2.24) is 10.2 Å². The maximum absolute atomic E-state index is 12.3. The van der Waals surface area contributed by atoms with Gasteiger partial charge in [0.2, 0.25) is 5.91 Å². The van der Waals surface area contributed by atoms with Gasteiger partial charge in [0.25, 0.3) is 0 Å². The third-order valence-electron chi connectivity index (χ3n) is 4.98. The third kappa shape index (κ3) is 4.43. The van der Waals surface area contributed by atoms with Gasteiger partial charge in [-0.1, -0.05) is 19.8 Å². The molecular weight excluding hydrogens is 262 g/mol. The molecular formula is C17H33N3O. The molecule has 0 bridgehead atoms. The molecule has 4 heteroatoms. The number of hydrogen-bond acceptors (Lipinski definition) is 3. The van der Waals surface area contributed by atoms with E-state index in [-0.39, 0.29) is 5.91 Å². The molecule has 3 N–H and O–H groups in total. The SMILES string of the molecule is CCCCCN(CC(NC1CC1)(C(N)=O)C1CC1)C(C)C. The van der Waals surface area contributed by atoms with Crippen LogP contribution in [-0.4, -0.2) is 41.5 Å². The van der Waals surface area contributed by atoms with E-state index in [9.17, 15) is 4.79 Å². The average Bonchev–Trinajstić information content (AvgIpc) is 3.27. The lowest BCUT2D eigenvalue weighted by molar-refractivity contribution is -0.126. The van der Waals surface area contributed by atoms with E-state index in [1.54, 1.807) is 0 Å². The summed E-state index contributed by atoms with van der Waals surface area (Å²) >= 11 is 0. The van der Waals surface area contributed by atoms with Gasteiger partial charge in [-0.05, 0) is 58.4 Å². The van der Waals surface area contributed by atoms with Crippen LogP contribution in [-0.2, 0) is 4.79 Å². The quantitative estimate of drug-likeness (QED) is 0.575. The van der Waals surface area contributed by atoms with Crippen LogP contribution in [0, 0.1) is 5.92 Å². The monoisotopic (exact) mass is 295 g/mol. The van der Waals surface area contributed by atoms with Crippen LogP contribution in [0.15, 0.2) is 0 Å². The molecule has 0 aromatic heterocycles. The third-order valence-corrected chi connectivity index (χ3v) is 4.98. The number of nitrogens with two attached hydrogens (primary N) is 1. The van der Waals surface area contributed by atoms with Crippen molar-refractivity contribution in [1.29, 1.82) is 0 Å². The minimum atomic E-state index is -0.488. The Morgan fingerprint density at radius 2 is 1.95 bits per heavy atom. The Labute approximate surface area is 129 Å². The molecule has 4 nitrogen and oxygen atoms in total. The highest BCUT2D eigenvalue weighted by molar-refractivity contribution is 5.86. The first-order chi connectivity index (χ1) is 9.99. The van der Waals surface area contributed by atoms with Crippen LogP contribution in [0.25, 0.3) is 0 Å². The highest BCUT2D eigenvalue weighted by Crippen LogP contribution is 2.42. The fraction of sp³-hybridized carbons (Fsp3) is 0.941. The van der Waals surface area contributed by atoms with E-state index in [1.165, 1.54) is 32.1 Å². The van der Waals surface area contributed by atoms with Crippen LogP contribution < -0.4 is 11.1 Å². The molecule has 2 rings (SSSR count). The minimum Gasteiger partial charge on any atom is -0.368 e. The van der Waals surface area contributed by atoms with E-state index in [0.717, 1.165) is 25.9 Å². The Morgan fingerprint density at radius 1 is 1.29 bits per heavy atom. The Kier molecular flexibility index (Phi) is 5.67. The van der Waals surface area contributed by atoms with Crippen molar-refractivity contribution in [2.24, 2.45) is 11.7 Å². The first-order valence-corrected chi connectivity index (χ1v) is 8.81. The summed E-state index contributed by atoms with van der Waals surface area (Å²) in [5.74, 6) is 0.307. The lowest BCUT2D eigenvalue weighted by atomic mass is 9.90. The summed E-state index contributed by atoms with van der Waals surface area (Å²) in [7, 11) is 0. The zero-order chi connectivity index (χ0) is 15.5. The number of hydrogen-bond donors (Lipinski definition) is 2. The highest BCUT2D eigenvalue weighted by Gasteiger charge is 2.52. The van der Waals surface area contributed by atoms with Crippen molar-refractivity contribution in [2.75, 3.05) is 13.1 Å². The first kappa shape index (κ1) is 16.8. The largest absolute Gasteiger partial charge is 0.368 e. The molecule has 0 radical (unpaired) electrons. The first-order valence-electron chi connectivity index (χ1n) is 8.81. The molecule has 0 aromatic rings. The molecule has 0 saturated heterocycles. The lowest BCUT2D eigenvalue weighted by Crippen LogP contribution is -2.64. The second-order valence-corrected chi connectivity index (χ2v) is 7.30. The van der Waals surface area contributed by atoms with Crippen LogP contribution in [0.5, 0.6) is 0 Å². The predicted molar refractivity (Wildman–Crippen MR) is 87.0 cm³/mol. The molecule has 0 spiro atoms. The molecule has 21 heavy (non-hydrogen) atoms. The van der Waals surface area contributed by atoms with E-state index >= 15 is 0 Å². The predicted octanol–water partition coefficient (Wildman–Crippen LogP) is 2.27. The smallest absolute Gasteiger partial charge is 0.239 e. The van der Waals surface area contributed by atoms with Crippen molar-refractivity contribution in [3.63, 3.8) is 0 Å². The number of amides is 1. The maximum atomic E-state index is 12.3. The summed E-state index contributed by atoms with van der Waals surface area (Å²) in [6.45, 7) is 8.53. The van der Waals surface area contributed by atoms with Crippen LogP contribution in [0.1, 0.15) is 65.7 Å². The Hall–Kier alpha value is -0.610. The molecule has 0 aliphatic heterocycles. The number of carbonyl (C=O) groups excluding carboxylic acids is 1. The van der Waals surface area contributed by atoms with Crippen molar-refractivity contribution in [2.45, 2.75) is 83.3 Å². The Morgan fingerprint density at radius 3 is 2.38 bits per heavy atom. The van der Waals surface area contributed by atoms with Crippen molar-refractivity contribution in [3.8, 4) is 0 Å². The molecule has 2 fully saturated rings. The molecule has 1 atom stereocenters. The van der Waals surface area contributed by atoms with Crippen molar-refractivity contribution < 1.29 is 4.79 Å². The minimum absolute atomic E-state index is 0.141. The summed E-state index contributed by atoms with van der Waals surface area (Å²) in [6, 6.07) is 0.975. The van der Waals surface area contributed by atoms with E-state index in [4.69, 9.17) is 5.73 Å². The molecule has 0 heterocycles. The van der Waals surface area contributed by atoms with E-state index in [0.29, 0.717) is 18.0 Å². The van der Waals surface area contributed by atoms with Gasteiger partial charge in [-0.15, -0.1) is 0 Å². The number of rotatable bonds is 11. The van der Waals surface area contributed by atoms with E-state index in [2.05, 4.69) is 31.0 Å². The van der Waals surface area contributed by atoms with Crippen molar-refractivity contribution in [3.05, 3.63) is 0 Å². The number of unbranched alkanes of at least 4 members (excludes halogenated alkanes) is 2.